The molecule has 5 heteroatoms. The van der Waals surface area contributed by atoms with Crippen LogP contribution in [0.2, 0.25) is 0 Å². The fourth-order valence-corrected chi connectivity index (χ4v) is 3.22. The van der Waals surface area contributed by atoms with Crippen molar-refractivity contribution in [1.82, 2.24) is 10.2 Å². The molecule has 0 saturated carbocycles. The molecule has 1 unspecified atom stereocenters. The number of nitrogens with zero attached hydrogens (tertiary/aromatic N) is 1. The number of hydrogen-bond acceptors (Lipinski definition) is 4. The highest BCUT2D eigenvalue weighted by molar-refractivity contribution is 7.11. The maximum Gasteiger partial charge on any atom is 0.234 e. The quantitative estimate of drug-likeness (QED) is 0.858. The fourth-order valence-electron chi connectivity index (χ4n) is 2.33. The summed E-state index contributed by atoms with van der Waals surface area (Å²) in [6.45, 7) is 4.66. The Morgan fingerprint density at radius 2 is 2.32 bits per heavy atom. The normalized spacial score (nSPS) is 20.4. The van der Waals surface area contributed by atoms with Crippen LogP contribution in [0, 0.1) is 0 Å². The molecule has 1 aromatic heterocycles. The molecule has 1 amide bonds. The van der Waals surface area contributed by atoms with E-state index < -0.39 is 0 Å². The molecule has 0 spiro atoms. The lowest BCUT2D eigenvalue weighted by molar-refractivity contribution is -0.123. The molecule has 1 aliphatic heterocycles. The van der Waals surface area contributed by atoms with Gasteiger partial charge >= 0.3 is 0 Å². The predicted octanol–water partition coefficient (Wildman–Crippen LogP) is 1.38. The third-order valence-electron chi connectivity index (χ3n) is 3.37. The van der Waals surface area contributed by atoms with Crippen LogP contribution in [0.3, 0.4) is 0 Å². The third kappa shape index (κ3) is 4.60. The van der Waals surface area contributed by atoms with Gasteiger partial charge in [0.2, 0.25) is 5.91 Å². The Hall–Kier alpha value is -0.910. The van der Waals surface area contributed by atoms with Crippen molar-refractivity contribution in [2.45, 2.75) is 38.8 Å². The van der Waals surface area contributed by atoms with Crippen LogP contribution in [0.25, 0.3) is 0 Å². The number of piperidine rings is 1. The van der Waals surface area contributed by atoms with Gasteiger partial charge in [0.05, 0.1) is 19.2 Å². The number of carbonyl (C=O) groups is 1. The average molecular weight is 282 g/mol. The maximum atomic E-state index is 11.8. The van der Waals surface area contributed by atoms with Crippen LogP contribution in [0.15, 0.2) is 12.1 Å². The molecule has 0 bridgehead atoms. The van der Waals surface area contributed by atoms with Gasteiger partial charge in [-0.25, -0.2) is 0 Å². The fraction of sp³-hybridized carbons (Fsp3) is 0.643. The monoisotopic (exact) mass is 282 g/mol. The van der Waals surface area contributed by atoms with Crippen molar-refractivity contribution < 1.29 is 9.90 Å². The minimum Gasteiger partial charge on any atom is -0.392 e. The van der Waals surface area contributed by atoms with Crippen LogP contribution in [-0.4, -0.2) is 41.7 Å². The minimum absolute atomic E-state index is 0.0422. The zero-order chi connectivity index (χ0) is 13.7. The van der Waals surface area contributed by atoms with Gasteiger partial charge in [-0.15, -0.1) is 11.3 Å². The van der Waals surface area contributed by atoms with Crippen LogP contribution in [0.4, 0.5) is 0 Å². The summed E-state index contributed by atoms with van der Waals surface area (Å²) in [6.07, 6.45) is 2.60. The number of thiophene rings is 1. The Kier molecular flexibility index (Phi) is 5.36. The summed E-state index contributed by atoms with van der Waals surface area (Å²) in [5.41, 5.74) is 0. The number of rotatable bonds is 5. The van der Waals surface area contributed by atoms with Crippen molar-refractivity contribution >= 4 is 17.2 Å². The summed E-state index contributed by atoms with van der Waals surface area (Å²) in [6, 6.07) is 4.20. The molecule has 1 aliphatic rings. The first-order valence-corrected chi connectivity index (χ1v) is 7.73. The number of carbonyl (C=O) groups excluding carboxylic acids is 1. The Balaban J connectivity index is 1.72. The molecule has 1 aromatic rings. The van der Waals surface area contributed by atoms with Crippen LogP contribution in [0.5, 0.6) is 0 Å². The summed E-state index contributed by atoms with van der Waals surface area (Å²) in [5, 5.41) is 12.5. The number of likely N-dealkylation sites (tertiary alicyclic amines) is 1. The van der Waals surface area contributed by atoms with E-state index in [1.54, 1.807) is 11.3 Å². The number of amides is 1. The third-order valence-corrected chi connectivity index (χ3v) is 4.60. The van der Waals surface area contributed by atoms with E-state index in [1.165, 1.54) is 9.75 Å². The Morgan fingerprint density at radius 3 is 3.00 bits per heavy atom. The van der Waals surface area contributed by atoms with E-state index in [0.29, 0.717) is 19.6 Å². The van der Waals surface area contributed by atoms with E-state index >= 15 is 0 Å². The molecule has 2 rings (SSSR count). The SMILES string of the molecule is CCc1ccc(CNC(=O)CN2CCCC(O)C2)s1. The van der Waals surface area contributed by atoms with Crippen molar-refractivity contribution in [2.75, 3.05) is 19.6 Å². The highest BCUT2D eigenvalue weighted by atomic mass is 32.1. The molecule has 0 radical (unpaired) electrons. The van der Waals surface area contributed by atoms with Gasteiger partial charge in [0.25, 0.3) is 0 Å². The van der Waals surface area contributed by atoms with Crippen molar-refractivity contribution in [3.8, 4) is 0 Å². The maximum absolute atomic E-state index is 11.8. The smallest absolute Gasteiger partial charge is 0.234 e. The zero-order valence-corrected chi connectivity index (χ0v) is 12.2. The molecule has 2 heterocycles. The van der Waals surface area contributed by atoms with Crippen molar-refractivity contribution in [2.24, 2.45) is 0 Å². The molecule has 1 fully saturated rings. The second-order valence-electron chi connectivity index (χ2n) is 5.03. The lowest BCUT2D eigenvalue weighted by Gasteiger charge is -2.29. The predicted molar refractivity (Wildman–Crippen MR) is 77.2 cm³/mol. The van der Waals surface area contributed by atoms with Crippen LogP contribution >= 0.6 is 11.3 Å². The summed E-state index contributed by atoms with van der Waals surface area (Å²) < 4.78 is 0. The van der Waals surface area contributed by atoms with Crippen molar-refractivity contribution in [3.63, 3.8) is 0 Å². The molecule has 106 valence electrons. The summed E-state index contributed by atoms with van der Waals surface area (Å²) in [7, 11) is 0. The van der Waals surface area contributed by atoms with Gasteiger partial charge in [-0.3, -0.25) is 9.69 Å². The van der Waals surface area contributed by atoms with Gasteiger partial charge in [0.15, 0.2) is 0 Å². The lowest BCUT2D eigenvalue weighted by atomic mass is 10.1. The standard InChI is InChI=1S/C14H22N2O2S/c1-2-12-5-6-13(19-12)8-15-14(18)10-16-7-3-4-11(17)9-16/h5-6,11,17H,2-4,7-10H2,1H3,(H,15,18). The Morgan fingerprint density at radius 1 is 1.53 bits per heavy atom. The summed E-state index contributed by atoms with van der Waals surface area (Å²) in [4.78, 5) is 16.4. The Bertz CT molecular complexity index is 419. The molecule has 4 nitrogen and oxygen atoms in total. The number of aryl methyl sites for hydroxylation is 1. The first-order valence-electron chi connectivity index (χ1n) is 6.92. The molecule has 19 heavy (non-hydrogen) atoms. The molecule has 1 atom stereocenters. The number of aliphatic hydroxyl groups is 1. The van der Waals surface area contributed by atoms with Gasteiger partial charge in [0, 0.05) is 16.3 Å². The number of aliphatic hydroxyl groups excluding tert-OH is 1. The lowest BCUT2D eigenvalue weighted by Crippen LogP contribution is -2.44. The molecular formula is C14H22N2O2S. The number of hydrogen-bond donors (Lipinski definition) is 2. The van der Waals surface area contributed by atoms with Crippen molar-refractivity contribution in [3.05, 3.63) is 21.9 Å². The highest BCUT2D eigenvalue weighted by Crippen LogP contribution is 2.16. The first-order chi connectivity index (χ1) is 9.17. The summed E-state index contributed by atoms with van der Waals surface area (Å²) in [5.74, 6) is 0.0422. The van der Waals surface area contributed by atoms with Crippen molar-refractivity contribution in [1.29, 1.82) is 0 Å². The first kappa shape index (κ1) is 14.5. The topological polar surface area (TPSA) is 52.6 Å². The van der Waals surface area contributed by atoms with E-state index in [1.807, 2.05) is 4.90 Å². The second kappa shape index (κ2) is 7.03. The minimum atomic E-state index is -0.272. The van der Waals surface area contributed by atoms with Gasteiger partial charge in [-0.2, -0.15) is 0 Å². The van der Waals surface area contributed by atoms with Crippen LogP contribution in [0.1, 0.15) is 29.5 Å². The van der Waals surface area contributed by atoms with Gasteiger partial charge in [-0.1, -0.05) is 6.92 Å². The molecule has 0 aliphatic carbocycles. The van der Waals surface area contributed by atoms with E-state index in [4.69, 9.17) is 0 Å². The summed E-state index contributed by atoms with van der Waals surface area (Å²) >= 11 is 1.75. The zero-order valence-electron chi connectivity index (χ0n) is 11.4. The van der Waals surface area contributed by atoms with Gasteiger partial charge < -0.3 is 10.4 Å². The van der Waals surface area contributed by atoms with Gasteiger partial charge in [0.1, 0.15) is 0 Å². The largest absolute Gasteiger partial charge is 0.392 e. The van der Waals surface area contributed by atoms with E-state index in [2.05, 4.69) is 24.4 Å². The Labute approximate surface area is 118 Å². The van der Waals surface area contributed by atoms with Gasteiger partial charge in [-0.05, 0) is 37.9 Å². The van der Waals surface area contributed by atoms with E-state index in [9.17, 15) is 9.90 Å². The highest BCUT2D eigenvalue weighted by Gasteiger charge is 2.19. The molecule has 1 saturated heterocycles. The van der Waals surface area contributed by atoms with Crippen LogP contribution < -0.4 is 5.32 Å². The van der Waals surface area contributed by atoms with E-state index in [-0.39, 0.29) is 12.0 Å². The number of β-amino-alcohol motifs (C(OH)–C–C–N with tert-alkyl or cyclic N) is 1. The molecule has 0 aromatic carbocycles. The second-order valence-corrected chi connectivity index (χ2v) is 6.28. The molecule has 2 N–H and O–H groups in total. The molecular weight excluding hydrogens is 260 g/mol. The number of nitrogens with one attached hydrogen (secondary N) is 1. The van der Waals surface area contributed by atoms with E-state index in [0.717, 1.165) is 25.8 Å². The average Bonchev–Trinajstić information content (AvgIpc) is 2.84. The van der Waals surface area contributed by atoms with Crippen LogP contribution in [-0.2, 0) is 17.8 Å².